The van der Waals surface area contributed by atoms with Crippen LogP contribution in [-0.4, -0.2) is 11.0 Å². The standard InChI is InChI=1S/C14H19BrN2O2/c1-9-4-3-5-12(10(9)2)16-13-7-6-11(15)8-14(13)17(18)19/h6-10,12,16H,3-5H2,1-2H3/t9-,10-,12-/m1/s1. The van der Waals surface area contributed by atoms with Crippen molar-refractivity contribution < 1.29 is 4.92 Å². The van der Waals surface area contributed by atoms with Crippen LogP contribution in [0, 0.1) is 22.0 Å². The van der Waals surface area contributed by atoms with E-state index in [9.17, 15) is 10.1 Å². The maximum Gasteiger partial charge on any atom is 0.293 e. The first kappa shape index (κ1) is 14.3. The summed E-state index contributed by atoms with van der Waals surface area (Å²) >= 11 is 3.28. The average Bonchev–Trinajstić information content (AvgIpc) is 2.36. The van der Waals surface area contributed by atoms with Crippen LogP contribution in [0.3, 0.4) is 0 Å². The molecule has 0 amide bonds. The molecule has 1 saturated carbocycles. The number of nitrogens with zero attached hydrogens (tertiary/aromatic N) is 1. The maximum absolute atomic E-state index is 11.1. The molecule has 0 aromatic heterocycles. The summed E-state index contributed by atoms with van der Waals surface area (Å²) in [5.41, 5.74) is 0.763. The van der Waals surface area contributed by atoms with Gasteiger partial charge in [0.25, 0.3) is 5.69 Å². The van der Waals surface area contributed by atoms with Gasteiger partial charge in [-0.1, -0.05) is 42.6 Å². The summed E-state index contributed by atoms with van der Waals surface area (Å²) in [4.78, 5) is 10.8. The summed E-state index contributed by atoms with van der Waals surface area (Å²) < 4.78 is 0.731. The Bertz CT molecular complexity index is 479. The Morgan fingerprint density at radius 3 is 2.79 bits per heavy atom. The van der Waals surface area contributed by atoms with Gasteiger partial charge in [-0.25, -0.2) is 0 Å². The second kappa shape index (κ2) is 5.90. The van der Waals surface area contributed by atoms with E-state index < -0.39 is 0 Å². The molecule has 5 heteroatoms. The predicted octanol–water partition coefficient (Wildman–Crippen LogP) is 4.59. The van der Waals surface area contributed by atoms with Gasteiger partial charge in [0.05, 0.1) is 4.92 Å². The number of rotatable bonds is 3. The van der Waals surface area contributed by atoms with Crippen LogP contribution in [0.25, 0.3) is 0 Å². The molecule has 0 bridgehead atoms. The molecule has 4 nitrogen and oxygen atoms in total. The van der Waals surface area contributed by atoms with Crippen molar-refractivity contribution in [2.45, 2.75) is 39.2 Å². The van der Waals surface area contributed by atoms with E-state index in [1.165, 1.54) is 12.8 Å². The quantitative estimate of drug-likeness (QED) is 0.652. The van der Waals surface area contributed by atoms with Gasteiger partial charge in [-0.05, 0) is 30.4 Å². The fourth-order valence-electron chi connectivity index (χ4n) is 2.76. The predicted molar refractivity (Wildman–Crippen MR) is 80.4 cm³/mol. The van der Waals surface area contributed by atoms with E-state index in [4.69, 9.17) is 0 Å². The van der Waals surface area contributed by atoms with Crippen LogP contribution in [0.1, 0.15) is 33.1 Å². The number of halogens is 1. The molecular formula is C14H19BrN2O2. The van der Waals surface area contributed by atoms with Crippen molar-refractivity contribution in [3.05, 3.63) is 32.8 Å². The summed E-state index contributed by atoms with van der Waals surface area (Å²) in [6.45, 7) is 4.49. The van der Waals surface area contributed by atoms with Gasteiger partial charge >= 0.3 is 0 Å². The van der Waals surface area contributed by atoms with E-state index in [1.54, 1.807) is 12.1 Å². The molecule has 1 aromatic rings. The van der Waals surface area contributed by atoms with Crippen molar-refractivity contribution in [3.63, 3.8) is 0 Å². The second-order valence-corrected chi connectivity index (χ2v) is 6.35. The fourth-order valence-corrected chi connectivity index (χ4v) is 3.11. The third kappa shape index (κ3) is 3.26. The van der Waals surface area contributed by atoms with Gasteiger partial charge in [-0.2, -0.15) is 0 Å². The van der Waals surface area contributed by atoms with Crippen LogP contribution in [0.5, 0.6) is 0 Å². The molecule has 19 heavy (non-hydrogen) atoms. The lowest BCUT2D eigenvalue weighted by molar-refractivity contribution is -0.384. The van der Waals surface area contributed by atoms with Crippen molar-refractivity contribution in [2.24, 2.45) is 11.8 Å². The maximum atomic E-state index is 11.1. The zero-order valence-electron chi connectivity index (χ0n) is 11.2. The SMILES string of the molecule is C[C@@H]1[C@H](C)CCC[C@H]1Nc1ccc(Br)cc1[N+](=O)[O-]. The van der Waals surface area contributed by atoms with Crippen molar-refractivity contribution in [2.75, 3.05) is 5.32 Å². The Morgan fingerprint density at radius 1 is 1.37 bits per heavy atom. The second-order valence-electron chi connectivity index (χ2n) is 5.44. The summed E-state index contributed by atoms with van der Waals surface area (Å²) in [6.07, 6.45) is 3.52. The molecule has 104 valence electrons. The summed E-state index contributed by atoms with van der Waals surface area (Å²) in [5, 5.41) is 14.5. The number of anilines is 1. The first-order valence-corrected chi connectivity index (χ1v) is 7.49. The minimum Gasteiger partial charge on any atom is -0.376 e. The van der Waals surface area contributed by atoms with E-state index >= 15 is 0 Å². The van der Waals surface area contributed by atoms with E-state index in [1.807, 2.05) is 6.07 Å². The highest BCUT2D eigenvalue weighted by Crippen LogP contribution is 2.34. The Morgan fingerprint density at radius 2 is 2.11 bits per heavy atom. The Balaban J connectivity index is 2.21. The van der Waals surface area contributed by atoms with Gasteiger partial charge in [0.15, 0.2) is 0 Å². The monoisotopic (exact) mass is 326 g/mol. The molecule has 2 rings (SSSR count). The number of hydrogen-bond acceptors (Lipinski definition) is 3. The van der Waals surface area contributed by atoms with Crippen molar-refractivity contribution in [1.82, 2.24) is 0 Å². The number of nitro groups is 1. The minimum atomic E-state index is -0.329. The molecule has 0 radical (unpaired) electrons. The summed E-state index contributed by atoms with van der Waals surface area (Å²) in [5.74, 6) is 1.21. The number of benzene rings is 1. The van der Waals surface area contributed by atoms with Crippen LogP contribution < -0.4 is 5.32 Å². The molecule has 0 saturated heterocycles. The normalized spacial score (nSPS) is 27.0. The van der Waals surface area contributed by atoms with Gasteiger partial charge in [-0.3, -0.25) is 10.1 Å². The van der Waals surface area contributed by atoms with Crippen LogP contribution >= 0.6 is 15.9 Å². The van der Waals surface area contributed by atoms with Crippen LogP contribution in [0.2, 0.25) is 0 Å². The van der Waals surface area contributed by atoms with Gasteiger partial charge in [0.2, 0.25) is 0 Å². The molecule has 0 heterocycles. The van der Waals surface area contributed by atoms with E-state index in [0.717, 1.165) is 10.9 Å². The van der Waals surface area contributed by atoms with Gasteiger partial charge in [-0.15, -0.1) is 0 Å². The van der Waals surface area contributed by atoms with E-state index in [-0.39, 0.29) is 10.6 Å². The molecule has 1 aromatic carbocycles. The number of hydrogen-bond donors (Lipinski definition) is 1. The largest absolute Gasteiger partial charge is 0.376 e. The van der Waals surface area contributed by atoms with E-state index in [2.05, 4.69) is 35.1 Å². The number of nitrogens with one attached hydrogen (secondary N) is 1. The minimum absolute atomic E-state index is 0.139. The third-order valence-corrected chi connectivity index (χ3v) is 4.70. The van der Waals surface area contributed by atoms with Crippen LogP contribution in [0.4, 0.5) is 11.4 Å². The highest BCUT2D eigenvalue weighted by molar-refractivity contribution is 9.10. The molecular weight excluding hydrogens is 308 g/mol. The lowest BCUT2D eigenvalue weighted by Gasteiger charge is -2.35. The number of nitro benzene ring substituents is 1. The van der Waals surface area contributed by atoms with Gasteiger partial charge < -0.3 is 5.32 Å². The Hall–Kier alpha value is -1.10. The highest BCUT2D eigenvalue weighted by atomic mass is 79.9. The molecule has 0 spiro atoms. The van der Waals surface area contributed by atoms with Gasteiger partial charge in [0.1, 0.15) is 5.69 Å². The average molecular weight is 327 g/mol. The molecule has 0 unspecified atom stereocenters. The summed E-state index contributed by atoms with van der Waals surface area (Å²) in [7, 11) is 0. The lowest BCUT2D eigenvalue weighted by atomic mass is 9.78. The molecule has 3 atom stereocenters. The third-order valence-electron chi connectivity index (χ3n) is 4.20. The molecule has 1 aliphatic carbocycles. The topological polar surface area (TPSA) is 55.2 Å². The molecule has 1 N–H and O–H groups in total. The van der Waals surface area contributed by atoms with Crippen molar-refractivity contribution in [1.29, 1.82) is 0 Å². The molecule has 1 fully saturated rings. The van der Waals surface area contributed by atoms with E-state index in [0.29, 0.717) is 23.6 Å². The highest BCUT2D eigenvalue weighted by Gasteiger charge is 2.28. The first-order valence-electron chi connectivity index (χ1n) is 6.69. The molecule has 0 aliphatic heterocycles. The van der Waals surface area contributed by atoms with Gasteiger partial charge in [0, 0.05) is 16.6 Å². The Kier molecular flexibility index (Phi) is 4.45. The smallest absolute Gasteiger partial charge is 0.293 e. The van der Waals surface area contributed by atoms with Crippen molar-refractivity contribution in [3.8, 4) is 0 Å². The van der Waals surface area contributed by atoms with Crippen LogP contribution in [-0.2, 0) is 0 Å². The molecule has 1 aliphatic rings. The zero-order chi connectivity index (χ0) is 14.0. The Labute approximate surface area is 121 Å². The zero-order valence-corrected chi connectivity index (χ0v) is 12.8. The van der Waals surface area contributed by atoms with Crippen molar-refractivity contribution >= 4 is 27.3 Å². The summed E-state index contributed by atoms with van der Waals surface area (Å²) in [6, 6.07) is 5.50. The van der Waals surface area contributed by atoms with Crippen LogP contribution in [0.15, 0.2) is 22.7 Å². The first-order chi connectivity index (χ1) is 8.99. The fraction of sp³-hybridized carbons (Fsp3) is 0.571. The lowest BCUT2D eigenvalue weighted by Crippen LogP contribution is -2.35.